The summed E-state index contributed by atoms with van der Waals surface area (Å²) in [4.78, 5) is 11.8. The van der Waals surface area contributed by atoms with Gasteiger partial charge in [-0.1, -0.05) is 24.3 Å². The van der Waals surface area contributed by atoms with Gasteiger partial charge >= 0.3 is 6.09 Å². The molecule has 0 radical (unpaired) electrons. The van der Waals surface area contributed by atoms with Crippen molar-refractivity contribution in [2.45, 2.75) is 26.4 Å². The van der Waals surface area contributed by atoms with Crippen LogP contribution in [0.25, 0.3) is 22.3 Å². The minimum atomic E-state index is -0.571. The Morgan fingerprint density at radius 2 is 1.29 bits per heavy atom. The predicted molar refractivity (Wildman–Crippen MR) is 117 cm³/mol. The summed E-state index contributed by atoms with van der Waals surface area (Å²) in [5.41, 5.74) is 2.73. The van der Waals surface area contributed by atoms with Crippen molar-refractivity contribution in [3.8, 4) is 28.0 Å². The maximum Gasteiger partial charge on any atom is 0.407 e. The number of hydrogen-bond donors (Lipinski definition) is 1. The summed E-state index contributed by atoms with van der Waals surface area (Å²) in [5, 5.41) is 2.65. The third-order valence-corrected chi connectivity index (χ3v) is 4.30. The van der Waals surface area contributed by atoms with Gasteiger partial charge in [-0.15, -0.1) is 0 Å². The summed E-state index contributed by atoms with van der Waals surface area (Å²) >= 11 is 0. The van der Waals surface area contributed by atoms with E-state index in [4.69, 9.17) is 9.47 Å². The zero-order chi connectivity index (χ0) is 22.4. The molecule has 0 atom stereocenters. The Balaban J connectivity index is 1.78. The van der Waals surface area contributed by atoms with E-state index in [0.29, 0.717) is 5.75 Å². The number of benzene rings is 3. The van der Waals surface area contributed by atoms with E-state index < -0.39 is 11.7 Å². The Kier molecular flexibility index (Phi) is 6.90. The Morgan fingerprint density at radius 1 is 0.806 bits per heavy atom. The third-order valence-electron chi connectivity index (χ3n) is 4.30. The van der Waals surface area contributed by atoms with Crippen molar-refractivity contribution in [1.29, 1.82) is 0 Å². The average Bonchev–Trinajstić information content (AvgIpc) is 2.71. The lowest BCUT2D eigenvalue weighted by Crippen LogP contribution is -2.34. The van der Waals surface area contributed by atoms with Gasteiger partial charge in [-0.05, 0) is 85.5 Å². The second-order valence-corrected chi connectivity index (χ2v) is 8.04. The first kappa shape index (κ1) is 22.3. The van der Waals surface area contributed by atoms with Gasteiger partial charge in [0.2, 0.25) is 0 Å². The molecule has 162 valence electrons. The van der Waals surface area contributed by atoms with Gasteiger partial charge < -0.3 is 14.8 Å². The molecule has 1 amide bonds. The van der Waals surface area contributed by atoms with E-state index in [2.05, 4.69) is 5.32 Å². The lowest BCUT2D eigenvalue weighted by atomic mass is 9.98. The maximum absolute atomic E-state index is 13.3. The topological polar surface area (TPSA) is 47.6 Å². The molecule has 0 aliphatic heterocycles. The third kappa shape index (κ3) is 6.81. The summed E-state index contributed by atoms with van der Waals surface area (Å²) in [7, 11) is 0. The number of ether oxygens (including phenoxy) is 2. The lowest BCUT2D eigenvalue weighted by molar-refractivity contribution is 0.0520. The van der Waals surface area contributed by atoms with Gasteiger partial charge in [0.05, 0.1) is 6.54 Å². The van der Waals surface area contributed by atoms with E-state index in [1.807, 2.05) is 18.2 Å². The zero-order valence-corrected chi connectivity index (χ0v) is 17.7. The normalized spacial score (nSPS) is 11.1. The van der Waals surface area contributed by atoms with Crippen LogP contribution < -0.4 is 10.1 Å². The van der Waals surface area contributed by atoms with E-state index in [1.54, 1.807) is 45.0 Å². The molecule has 4 nitrogen and oxygen atoms in total. The quantitative estimate of drug-likeness (QED) is 0.478. The molecule has 31 heavy (non-hydrogen) atoms. The van der Waals surface area contributed by atoms with Crippen LogP contribution in [0.5, 0.6) is 5.75 Å². The van der Waals surface area contributed by atoms with Gasteiger partial charge in [0.25, 0.3) is 0 Å². The van der Waals surface area contributed by atoms with Crippen LogP contribution in [0.4, 0.5) is 13.6 Å². The Bertz CT molecular complexity index is 962. The summed E-state index contributed by atoms with van der Waals surface area (Å²) in [5.74, 6) is -0.0570. The fourth-order valence-electron chi connectivity index (χ4n) is 2.94. The molecule has 0 fully saturated rings. The fourth-order valence-corrected chi connectivity index (χ4v) is 2.94. The number of halogens is 2. The molecule has 0 saturated carbocycles. The molecule has 0 saturated heterocycles. The smallest absolute Gasteiger partial charge is 0.407 e. The number of hydrogen-bond acceptors (Lipinski definition) is 3. The summed E-state index contributed by atoms with van der Waals surface area (Å²) in [6, 6.07) is 17.9. The van der Waals surface area contributed by atoms with E-state index in [-0.39, 0.29) is 24.8 Å². The van der Waals surface area contributed by atoms with Crippen molar-refractivity contribution < 1.29 is 23.0 Å². The van der Waals surface area contributed by atoms with Crippen molar-refractivity contribution >= 4 is 6.09 Å². The van der Waals surface area contributed by atoms with Crippen LogP contribution in [-0.4, -0.2) is 24.8 Å². The van der Waals surface area contributed by atoms with Crippen LogP contribution in [0.1, 0.15) is 20.8 Å². The zero-order valence-electron chi connectivity index (χ0n) is 17.7. The maximum atomic E-state index is 13.3. The highest BCUT2D eigenvalue weighted by molar-refractivity contribution is 5.75. The molecule has 6 heteroatoms. The summed E-state index contributed by atoms with van der Waals surface area (Å²) < 4.78 is 37.7. The van der Waals surface area contributed by atoms with Crippen LogP contribution in [-0.2, 0) is 4.74 Å². The summed E-state index contributed by atoms with van der Waals surface area (Å²) in [6.07, 6.45) is -0.511. The number of nitrogens with one attached hydrogen (secondary N) is 1. The molecule has 0 aliphatic rings. The van der Waals surface area contributed by atoms with Crippen molar-refractivity contribution in [1.82, 2.24) is 5.32 Å². The highest BCUT2D eigenvalue weighted by Crippen LogP contribution is 2.31. The second kappa shape index (κ2) is 9.60. The van der Waals surface area contributed by atoms with Crippen LogP contribution in [0.3, 0.4) is 0 Å². The van der Waals surface area contributed by atoms with E-state index in [1.165, 1.54) is 24.3 Å². The van der Waals surface area contributed by atoms with Gasteiger partial charge in [0.15, 0.2) is 0 Å². The molecular weight excluding hydrogens is 400 g/mol. The van der Waals surface area contributed by atoms with Crippen molar-refractivity contribution in [3.63, 3.8) is 0 Å². The molecule has 0 aliphatic carbocycles. The minimum absolute atomic E-state index is 0.231. The first-order valence-corrected chi connectivity index (χ1v) is 9.96. The van der Waals surface area contributed by atoms with Crippen molar-refractivity contribution in [3.05, 3.63) is 78.4 Å². The van der Waals surface area contributed by atoms with Crippen LogP contribution in [0, 0.1) is 11.6 Å². The predicted octanol–water partition coefficient (Wildman–Crippen LogP) is 6.20. The van der Waals surface area contributed by atoms with Crippen LogP contribution in [0.15, 0.2) is 66.7 Å². The van der Waals surface area contributed by atoms with E-state index in [9.17, 15) is 13.6 Å². The van der Waals surface area contributed by atoms with Crippen LogP contribution in [0.2, 0.25) is 0 Å². The van der Waals surface area contributed by atoms with Crippen LogP contribution >= 0.6 is 0 Å². The molecule has 0 bridgehead atoms. The largest absolute Gasteiger partial charge is 0.492 e. The highest BCUT2D eigenvalue weighted by Gasteiger charge is 2.15. The standard InChI is InChI=1S/C25H25F2NO3/c1-25(2,3)31-24(29)28-12-13-30-23-15-19(17-4-8-21(26)9-5-17)14-20(16-23)18-6-10-22(27)11-7-18/h4-11,14-16H,12-13H2,1-3H3,(H,28,29). The van der Waals surface area contributed by atoms with E-state index >= 15 is 0 Å². The fraction of sp³-hybridized carbons (Fsp3) is 0.240. The SMILES string of the molecule is CC(C)(C)OC(=O)NCCOc1cc(-c2ccc(F)cc2)cc(-c2ccc(F)cc2)c1. The first-order chi connectivity index (χ1) is 14.7. The molecule has 0 spiro atoms. The molecule has 0 unspecified atom stereocenters. The van der Waals surface area contributed by atoms with Gasteiger partial charge in [0, 0.05) is 0 Å². The van der Waals surface area contributed by atoms with Gasteiger partial charge in [-0.2, -0.15) is 0 Å². The van der Waals surface area contributed by atoms with Gasteiger partial charge in [-0.3, -0.25) is 0 Å². The Morgan fingerprint density at radius 3 is 1.74 bits per heavy atom. The van der Waals surface area contributed by atoms with Crippen molar-refractivity contribution in [2.24, 2.45) is 0 Å². The molecule has 3 aromatic carbocycles. The summed E-state index contributed by atoms with van der Waals surface area (Å²) in [6.45, 7) is 5.87. The number of carbonyl (C=O) groups is 1. The minimum Gasteiger partial charge on any atom is -0.492 e. The van der Waals surface area contributed by atoms with Gasteiger partial charge in [0.1, 0.15) is 29.6 Å². The number of amides is 1. The monoisotopic (exact) mass is 425 g/mol. The molecular formula is C25H25F2NO3. The first-order valence-electron chi connectivity index (χ1n) is 9.96. The second-order valence-electron chi connectivity index (χ2n) is 8.04. The number of rotatable bonds is 6. The van der Waals surface area contributed by atoms with Gasteiger partial charge in [-0.25, -0.2) is 13.6 Å². The van der Waals surface area contributed by atoms with Crippen molar-refractivity contribution in [2.75, 3.05) is 13.2 Å². The molecule has 3 rings (SSSR count). The molecule has 0 aromatic heterocycles. The highest BCUT2D eigenvalue weighted by atomic mass is 19.1. The molecule has 3 aromatic rings. The number of alkyl carbamates (subject to hydrolysis) is 1. The molecule has 1 N–H and O–H groups in total. The molecule has 0 heterocycles. The van der Waals surface area contributed by atoms with E-state index in [0.717, 1.165) is 22.3 Å². The number of carbonyl (C=O) groups excluding carboxylic acids is 1. The Labute approximate surface area is 180 Å². The Hall–Kier alpha value is -3.41. The average molecular weight is 425 g/mol. The lowest BCUT2D eigenvalue weighted by Gasteiger charge is -2.19.